The minimum Gasteiger partial charge on any atom is -0.457 e. The molecule has 0 unspecified atom stereocenters. The Hall–Kier alpha value is -1.80. The molecule has 2 nitrogen and oxygen atoms in total. The third-order valence-corrected chi connectivity index (χ3v) is 3.11. The number of benzene rings is 2. The molecule has 1 N–H and O–H groups in total. The van der Waals surface area contributed by atoms with Crippen LogP contribution in [0.5, 0.6) is 11.5 Å². The molecule has 2 heteroatoms. The summed E-state index contributed by atoms with van der Waals surface area (Å²) in [7, 11) is 0. The Morgan fingerprint density at radius 1 is 1.00 bits per heavy atom. The zero-order valence-corrected chi connectivity index (χ0v) is 11.3. The highest BCUT2D eigenvalue weighted by molar-refractivity contribution is 5.38. The molecule has 0 aliphatic carbocycles. The van der Waals surface area contributed by atoms with Gasteiger partial charge in [-0.2, -0.15) is 0 Å². The van der Waals surface area contributed by atoms with Crippen molar-refractivity contribution in [3.8, 4) is 11.5 Å². The summed E-state index contributed by atoms with van der Waals surface area (Å²) in [6.07, 6.45) is 3.54. The lowest BCUT2D eigenvalue weighted by Crippen LogP contribution is -1.91. The molecule has 0 saturated heterocycles. The number of ether oxygens (including phenoxy) is 1. The summed E-state index contributed by atoms with van der Waals surface area (Å²) >= 11 is 0. The summed E-state index contributed by atoms with van der Waals surface area (Å²) in [5, 5.41) is 9.26. The van der Waals surface area contributed by atoms with Gasteiger partial charge in [-0.3, -0.25) is 0 Å². The van der Waals surface area contributed by atoms with Crippen molar-refractivity contribution in [2.24, 2.45) is 0 Å². The van der Waals surface area contributed by atoms with Crippen LogP contribution in [0.3, 0.4) is 0 Å². The quantitative estimate of drug-likeness (QED) is 0.834. The summed E-state index contributed by atoms with van der Waals surface area (Å²) in [6, 6.07) is 15.7. The summed E-state index contributed by atoms with van der Waals surface area (Å²) in [6.45, 7) is 2.19. The van der Waals surface area contributed by atoms with Crippen LogP contribution in [0, 0.1) is 0 Å². The molecule has 0 amide bonds. The number of unbranched alkanes of at least 4 members (excludes halogenated alkanes) is 1. The first-order chi connectivity index (χ1) is 9.33. The van der Waals surface area contributed by atoms with Crippen LogP contribution in [-0.2, 0) is 13.0 Å². The van der Waals surface area contributed by atoms with Crippen molar-refractivity contribution in [3.05, 3.63) is 59.7 Å². The first kappa shape index (κ1) is 13.6. The van der Waals surface area contributed by atoms with Gasteiger partial charge in [-0.1, -0.05) is 43.7 Å². The fourth-order valence-electron chi connectivity index (χ4n) is 1.97. The lowest BCUT2D eigenvalue weighted by atomic mass is 10.1. The number of aliphatic hydroxyl groups is 1. The van der Waals surface area contributed by atoms with E-state index in [2.05, 4.69) is 19.1 Å². The van der Waals surface area contributed by atoms with Crippen molar-refractivity contribution < 1.29 is 9.84 Å². The number of rotatable bonds is 6. The van der Waals surface area contributed by atoms with Gasteiger partial charge in [-0.05, 0) is 36.6 Å². The van der Waals surface area contributed by atoms with Gasteiger partial charge in [-0.15, -0.1) is 0 Å². The van der Waals surface area contributed by atoms with E-state index in [4.69, 9.17) is 4.74 Å². The van der Waals surface area contributed by atoms with Crippen LogP contribution >= 0.6 is 0 Å². The maximum Gasteiger partial charge on any atom is 0.132 e. The molecule has 2 aromatic carbocycles. The second-order valence-corrected chi connectivity index (χ2v) is 4.62. The predicted octanol–water partition coefficient (Wildman–Crippen LogP) is 4.31. The Labute approximate surface area is 114 Å². The Morgan fingerprint density at radius 2 is 1.74 bits per heavy atom. The van der Waals surface area contributed by atoms with Gasteiger partial charge in [0.15, 0.2) is 0 Å². The van der Waals surface area contributed by atoms with Crippen molar-refractivity contribution >= 4 is 0 Å². The van der Waals surface area contributed by atoms with Crippen molar-refractivity contribution in [2.75, 3.05) is 0 Å². The van der Waals surface area contributed by atoms with Gasteiger partial charge in [0.2, 0.25) is 0 Å². The molecular weight excluding hydrogens is 236 g/mol. The second kappa shape index (κ2) is 6.95. The van der Waals surface area contributed by atoms with Gasteiger partial charge in [0.25, 0.3) is 0 Å². The zero-order valence-electron chi connectivity index (χ0n) is 11.3. The Bertz CT molecular complexity index is 503. The lowest BCUT2D eigenvalue weighted by molar-refractivity contribution is 0.276. The number of aliphatic hydroxyl groups excluding tert-OH is 1. The highest BCUT2D eigenvalue weighted by Crippen LogP contribution is 2.25. The van der Waals surface area contributed by atoms with Crippen molar-refractivity contribution in [2.45, 2.75) is 32.8 Å². The molecule has 0 bridgehead atoms. The van der Waals surface area contributed by atoms with Gasteiger partial charge in [0.05, 0.1) is 6.61 Å². The molecule has 0 fully saturated rings. The Kier molecular flexibility index (Phi) is 4.99. The van der Waals surface area contributed by atoms with Crippen LogP contribution in [-0.4, -0.2) is 5.11 Å². The largest absolute Gasteiger partial charge is 0.457 e. The minimum atomic E-state index is -0.00917. The molecule has 0 aliphatic rings. The maximum absolute atomic E-state index is 9.26. The number of hydrogen-bond donors (Lipinski definition) is 1. The van der Waals surface area contributed by atoms with Crippen LogP contribution in [0.2, 0.25) is 0 Å². The average Bonchev–Trinajstić information content (AvgIpc) is 2.47. The van der Waals surface area contributed by atoms with E-state index < -0.39 is 0 Å². The molecule has 19 heavy (non-hydrogen) atoms. The molecule has 100 valence electrons. The lowest BCUT2D eigenvalue weighted by Gasteiger charge is -2.10. The molecule has 2 aromatic rings. The van der Waals surface area contributed by atoms with Crippen LogP contribution in [0.4, 0.5) is 0 Å². The number of aryl methyl sites for hydroxylation is 1. The molecule has 0 heterocycles. The summed E-state index contributed by atoms with van der Waals surface area (Å²) in [4.78, 5) is 0. The molecule has 2 rings (SSSR count). The number of para-hydroxylation sites is 1. The fourth-order valence-corrected chi connectivity index (χ4v) is 1.97. The zero-order chi connectivity index (χ0) is 13.5. The Balaban J connectivity index is 2.06. The molecule has 0 aliphatic heterocycles. The van der Waals surface area contributed by atoms with E-state index in [1.807, 2.05) is 36.4 Å². The Morgan fingerprint density at radius 3 is 2.42 bits per heavy atom. The van der Waals surface area contributed by atoms with Crippen molar-refractivity contribution in [1.29, 1.82) is 0 Å². The van der Waals surface area contributed by atoms with Crippen LogP contribution in [0.1, 0.15) is 30.9 Å². The van der Waals surface area contributed by atoms with E-state index in [1.54, 1.807) is 0 Å². The van der Waals surface area contributed by atoms with E-state index in [9.17, 15) is 5.11 Å². The van der Waals surface area contributed by atoms with E-state index in [0.717, 1.165) is 17.7 Å². The normalized spacial score (nSPS) is 10.4. The number of hydrogen-bond acceptors (Lipinski definition) is 2. The van der Waals surface area contributed by atoms with Crippen molar-refractivity contribution in [1.82, 2.24) is 0 Å². The molecule has 0 radical (unpaired) electrons. The van der Waals surface area contributed by atoms with Gasteiger partial charge >= 0.3 is 0 Å². The standard InChI is InChI=1S/C17H20O2/c1-2-3-6-14-9-11-16(12-10-14)19-17-8-5-4-7-15(17)13-18/h4-5,7-12,18H,2-3,6,13H2,1H3. The fraction of sp³-hybridized carbons (Fsp3) is 0.294. The van der Waals surface area contributed by atoms with E-state index >= 15 is 0 Å². The highest BCUT2D eigenvalue weighted by atomic mass is 16.5. The average molecular weight is 256 g/mol. The topological polar surface area (TPSA) is 29.5 Å². The third kappa shape index (κ3) is 3.83. The van der Waals surface area contributed by atoms with Gasteiger partial charge < -0.3 is 9.84 Å². The molecular formula is C17H20O2. The van der Waals surface area contributed by atoms with E-state index in [1.165, 1.54) is 18.4 Å². The highest BCUT2D eigenvalue weighted by Gasteiger charge is 2.03. The van der Waals surface area contributed by atoms with Gasteiger partial charge in [0.1, 0.15) is 11.5 Å². The van der Waals surface area contributed by atoms with Crippen LogP contribution in [0.25, 0.3) is 0 Å². The van der Waals surface area contributed by atoms with Crippen LogP contribution in [0.15, 0.2) is 48.5 Å². The van der Waals surface area contributed by atoms with Crippen molar-refractivity contribution in [3.63, 3.8) is 0 Å². The van der Waals surface area contributed by atoms with Gasteiger partial charge in [-0.25, -0.2) is 0 Å². The molecule has 0 spiro atoms. The monoisotopic (exact) mass is 256 g/mol. The first-order valence-electron chi connectivity index (χ1n) is 6.79. The summed E-state index contributed by atoms with van der Waals surface area (Å²) in [5.74, 6) is 1.52. The first-order valence-corrected chi connectivity index (χ1v) is 6.79. The SMILES string of the molecule is CCCCc1ccc(Oc2ccccc2CO)cc1. The third-order valence-electron chi connectivity index (χ3n) is 3.11. The minimum absolute atomic E-state index is 0.00917. The van der Waals surface area contributed by atoms with Crippen LogP contribution < -0.4 is 4.74 Å². The second-order valence-electron chi connectivity index (χ2n) is 4.62. The predicted molar refractivity (Wildman–Crippen MR) is 77.5 cm³/mol. The summed E-state index contributed by atoms with van der Waals surface area (Å²) in [5.41, 5.74) is 2.14. The maximum atomic E-state index is 9.26. The van der Waals surface area contributed by atoms with Gasteiger partial charge in [0, 0.05) is 5.56 Å². The molecule has 0 saturated carbocycles. The summed E-state index contributed by atoms with van der Waals surface area (Å²) < 4.78 is 5.80. The van der Waals surface area contributed by atoms with E-state index in [-0.39, 0.29) is 6.61 Å². The molecule has 0 atom stereocenters. The smallest absolute Gasteiger partial charge is 0.132 e. The molecule has 0 aromatic heterocycles. The van der Waals surface area contributed by atoms with E-state index in [0.29, 0.717) is 5.75 Å².